The van der Waals surface area contributed by atoms with E-state index in [4.69, 9.17) is 0 Å². The van der Waals surface area contributed by atoms with E-state index in [9.17, 15) is 14.4 Å². The average Bonchev–Trinajstić information content (AvgIpc) is 3.17. The van der Waals surface area contributed by atoms with E-state index in [0.717, 1.165) is 39.5 Å². The molecule has 3 rings (SSSR count). The molecule has 0 aliphatic carbocycles. The van der Waals surface area contributed by atoms with Crippen LogP contribution in [0.5, 0.6) is 0 Å². The molecule has 2 heterocycles. The van der Waals surface area contributed by atoms with E-state index in [2.05, 4.69) is 23.2 Å². The van der Waals surface area contributed by atoms with E-state index in [1.165, 1.54) is 14.0 Å². The predicted octanol–water partition coefficient (Wildman–Crippen LogP) is 4.21. The molecule has 0 spiro atoms. The number of hydrogen-bond acceptors (Lipinski definition) is 5. The van der Waals surface area contributed by atoms with Crippen molar-refractivity contribution in [2.45, 2.75) is 39.3 Å². The molecule has 7 heteroatoms. The molecule has 27 heavy (non-hydrogen) atoms. The molecule has 6 nitrogen and oxygen atoms in total. The topological polar surface area (TPSA) is 68.6 Å². The van der Waals surface area contributed by atoms with Gasteiger partial charge in [0.05, 0.1) is 12.0 Å². The molecule has 1 aromatic carbocycles. The van der Waals surface area contributed by atoms with Crippen LogP contribution in [-0.4, -0.2) is 39.7 Å². The molecule has 0 N–H and O–H groups in total. The Balaban J connectivity index is 2.02. The maximum atomic E-state index is 12.7. The molecule has 2 amide bonds. The van der Waals surface area contributed by atoms with Gasteiger partial charge in [-0.2, -0.15) is 0 Å². The van der Waals surface area contributed by atoms with E-state index in [0.29, 0.717) is 10.9 Å². The van der Waals surface area contributed by atoms with Crippen LogP contribution < -0.4 is 0 Å². The smallest absolute Gasteiger partial charge is 0.328 e. The summed E-state index contributed by atoms with van der Waals surface area (Å²) in [7, 11) is 1.23. The number of fused-ring (bicyclic) bond motifs is 1. The SMILES string of the molecule is CC[C@H](C)n1cc(/C=C2/SC(=O)N([C@@H](C)C(=O)OC)C2=O)c2ccccc21. The van der Waals surface area contributed by atoms with Gasteiger partial charge >= 0.3 is 5.97 Å². The second-order valence-electron chi connectivity index (χ2n) is 6.52. The molecule has 2 aromatic rings. The number of methoxy groups -OCH3 is 1. The molecular formula is C20H22N2O4S. The van der Waals surface area contributed by atoms with E-state index in [1.54, 1.807) is 6.08 Å². The van der Waals surface area contributed by atoms with Crippen LogP contribution in [0.2, 0.25) is 0 Å². The van der Waals surface area contributed by atoms with Gasteiger partial charge in [-0.25, -0.2) is 4.79 Å². The molecule has 1 aliphatic heterocycles. The van der Waals surface area contributed by atoms with Crippen molar-refractivity contribution in [2.75, 3.05) is 7.11 Å². The van der Waals surface area contributed by atoms with E-state index in [-0.39, 0.29) is 0 Å². The molecule has 0 radical (unpaired) electrons. The third-order valence-electron chi connectivity index (χ3n) is 4.88. The van der Waals surface area contributed by atoms with E-state index >= 15 is 0 Å². The zero-order valence-electron chi connectivity index (χ0n) is 15.8. The number of imide groups is 1. The number of carbonyl (C=O) groups is 3. The number of carbonyl (C=O) groups excluding carboxylic acids is 3. The fourth-order valence-electron chi connectivity index (χ4n) is 3.14. The molecule has 0 unspecified atom stereocenters. The highest BCUT2D eigenvalue weighted by molar-refractivity contribution is 8.18. The second-order valence-corrected chi connectivity index (χ2v) is 7.51. The number of esters is 1. The Labute approximate surface area is 162 Å². The van der Waals surface area contributed by atoms with Gasteiger partial charge in [-0.05, 0) is 44.2 Å². The first-order valence-electron chi connectivity index (χ1n) is 8.83. The van der Waals surface area contributed by atoms with Crippen molar-refractivity contribution in [3.8, 4) is 0 Å². The van der Waals surface area contributed by atoms with Gasteiger partial charge in [0.15, 0.2) is 0 Å². The van der Waals surface area contributed by atoms with Crippen molar-refractivity contribution in [1.29, 1.82) is 0 Å². The number of hydrogen-bond donors (Lipinski definition) is 0. The Kier molecular flexibility index (Phi) is 5.41. The van der Waals surface area contributed by atoms with Crippen LogP contribution in [0, 0.1) is 0 Å². The lowest BCUT2D eigenvalue weighted by Gasteiger charge is -2.18. The van der Waals surface area contributed by atoms with Crippen molar-refractivity contribution in [2.24, 2.45) is 0 Å². The summed E-state index contributed by atoms with van der Waals surface area (Å²) in [6.45, 7) is 5.75. The number of amides is 2. The first kappa shape index (κ1) is 19.2. The molecule has 142 valence electrons. The fraction of sp³-hybridized carbons (Fsp3) is 0.350. The molecule has 2 atom stereocenters. The number of para-hydroxylation sites is 1. The van der Waals surface area contributed by atoms with Crippen LogP contribution >= 0.6 is 11.8 Å². The predicted molar refractivity (Wildman–Crippen MR) is 106 cm³/mol. The van der Waals surface area contributed by atoms with Crippen molar-refractivity contribution >= 4 is 45.9 Å². The molecule has 1 saturated heterocycles. The Bertz CT molecular complexity index is 947. The lowest BCUT2D eigenvalue weighted by Crippen LogP contribution is -2.42. The molecule has 1 fully saturated rings. The van der Waals surface area contributed by atoms with Crippen LogP contribution in [0.25, 0.3) is 17.0 Å². The monoisotopic (exact) mass is 386 g/mol. The normalized spacial score (nSPS) is 18.4. The van der Waals surface area contributed by atoms with Crippen molar-refractivity contribution in [3.63, 3.8) is 0 Å². The summed E-state index contributed by atoms with van der Waals surface area (Å²) in [6.07, 6.45) is 4.72. The molecule has 1 aromatic heterocycles. The molecule has 1 aliphatic rings. The van der Waals surface area contributed by atoms with Gasteiger partial charge < -0.3 is 9.30 Å². The Morgan fingerprint density at radius 3 is 2.63 bits per heavy atom. The Morgan fingerprint density at radius 2 is 1.96 bits per heavy atom. The number of benzene rings is 1. The summed E-state index contributed by atoms with van der Waals surface area (Å²) < 4.78 is 6.84. The lowest BCUT2D eigenvalue weighted by molar-refractivity contribution is -0.148. The zero-order chi connectivity index (χ0) is 19.7. The van der Waals surface area contributed by atoms with Crippen LogP contribution in [0.1, 0.15) is 38.8 Å². The van der Waals surface area contributed by atoms with Crippen LogP contribution in [0.3, 0.4) is 0 Å². The number of thioether (sulfide) groups is 1. The van der Waals surface area contributed by atoms with E-state index < -0.39 is 23.2 Å². The van der Waals surface area contributed by atoms with Crippen LogP contribution in [-0.2, 0) is 14.3 Å². The highest BCUT2D eigenvalue weighted by Crippen LogP contribution is 2.36. The third-order valence-corrected chi connectivity index (χ3v) is 5.76. The van der Waals surface area contributed by atoms with Crippen LogP contribution in [0.4, 0.5) is 4.79 Å². The summed E-state index contributed by atoms with van der Waals surface area (Å²) >= 11 is 0.846. The fourth-order valence-corrected chi connectivity index (χ4v) is 4.04. The molecule has 0 bridgehead atoms. The summed E-state index contributed by atoms with van der Waals surface area (Å²) in [6, 6.07) is 7.34. The standard InChI is InChI=1S/C20H22N2O4S/c1-5-12(2)21-11-14(15-8-6-7-9-16(15)21)10-17-18(23)22(20(25)27-17)13(3)19(24)26-4/h6-13H,5H2,1-4H3/b17-10+/t12-,13-/m0/s1. The highest BCUT2D eigenvalue weighted by Gasteiger charge is 2.41. The molecule has 0 saturated carbocycles. The number of nitrogens with zero attached hydrogens (tertiary/aromatic N) is 2. The van der Waals surface area contributed by atoms with Gasteiger partial charge in [0.25, 0.3) is 11.1 Å². The zero-order valence-corrected chi connectivity index (χ0v) is 16.6. The van der Waals surface area contributed by atoms with Gasteiger partial charge in [-0.3, -0.25) is 14.5 Å². The number of aromatic nitrogens is 1. The Morgan fingerprint density at radius 1 is 1.26 bits per heavy atom. The first-order chi connectivity index (χ1) is 12.9. The summed E-state index contributed by atoms with van der Waals surface area (Å²) in [5, 5.41) is 0.556. The van der Waals surface area contributed by atoms with E-state index in [1.807, 2.05) is 30.5 Å². The van der Waals surface area contributed by atoms with Crippen molar-refractivity contribution in [1.82, 2.24) is 9.47 Å². The summed E-state index contributed by atoms with van der Waals surface area (Å²) in [4.78, 5) is 38.0. The quantitative estimate of drug-likeness (QED) is 0.569. The minimum absolute atomic E-state index is 0.308. The minimum Gasteiger partial charge on any atom is -0.467 e. The van der Waals surface area contributed by atoms with Gasteiger partial charge in [-0.1, -0.05) is 25.1 Å². The maximum absolute atomic E-state index is 12.7. The van der Waals surface area contributed by atoms with Gasteiger partial charge in [-0.15, -0.1) is 0 Å². The molecular weight excluding hydrogens is 364 g/mol. The van der Waals surface area contributed by atoms with Crippen LogP contribution in [0.15, 0.2) is 35.4 Å². The van der Waals surface area contributed by atoms with Crippen molar-refractivity contribution < 1.29 is 19.1 Å². The van der Waals surface area contributed by atoms with Gasteiger partial charge in [0.1, 0.15) is 6.04 Å². The van der Waals surface area contributed by atoms with Gasteiger partial charge in [0.2, 0.25) is 0 Å². The van der Waals surface area contributed by atoms with Crippen molar-refractivity contribution in [3.05, 3.63) is 40.9 Å². The summed E-state index contributed by atoms with van der Waals surface area (Å²) in [5.41, 5.74) is 1.96. The largest absolute Gasteiger partial charge is 0.467 e. The summed E-state index contributed by atoms with van der Waals surface area (Å²) in [5.74, 6) is -1.09. The third kappa shape index (κ3) is 3.39. The highest BCUT2D eigenvalue weighted by atomic mass is 32.2. The lowest BCUT2D eigenvalue weighted by atomic mass is 10.1. The Hall–Kier alpha value is -2.54. The average molecular weight is 386 g/mol. The maximum Gasteiger partial charge on any atom is 0.328 e. The number of rotatable bonds is 5. The first-order valence-corrected chi connectivity index (χ1v) is 9.65. The number of ether oxygens (including phenoxy) is 1. The minimum atomic E-state index is -0.949. The second kappa shape index (κ2) is 7.60. The van der Waals surface area contributed by atoms with Gasteiger partial charge in [0, 0.05) is 28.7 Å².